The lowest BCUT2D eigenvalue weighted by molar-refractivity contribution is -0.384. The number of non-ortho nitro benzene ring substituents is 1. The van der Waals surface area contributed by atoms with E-state index in [1.807, 2.05) is 0 Å². The summed E-state index contributed by atoms with van der Waals surface area (Å²) in [6.07, 6.45) is 3.96. The molecule has 0 aliphatic heterocycles. The van der Waals surface area contributed by atoms with Crippen molar-refractivity contribution in [2.45, 2.75) is 39.0 Å². The van der Waals surface area contributed by atoms with Crippen LogP contribution in [0.25, 0.3) is 11.1 Å². The van der Waals surface area contributed by atoms with Crippen molar-refractivity contribution in [1.82, 2.24) is 0 Å². The lowest BCUT2D eigenvalue weighted by Crippen LogP contribution is -2.23. The molecular weight excluding hydrogens is 372 g/mol. The molecule has 0 atom stereocenters. The summed E-state index contributed by atoms with van der Waals surface area (Å²) in [5.74, 6) is -0.709. The van der Waals surface area contributed by atoms with Gasteiger partial charge in [0.2, 0.25) is 5.78 Å². The monoisotopic (exact) mass is 394 g/mol. The van der Waals surface area contributed by atoms with Crippen molar-refractivity contribution in [3.05, 3.63) is 64.2 Å². The lowest BCUT2D eigenvalue weighted by Gasteiger charge is -2.12. The molecule has 0 N–H and O–H groups in total. The predicted molar refractivity (Wildman–Crippen MR) is 109 cm³/mol. The van der Waals surface area contributed by atoms with Crippen LogP contribution in [0.4, 0.5) is 5.69 Å². The summed E-state index contributed by atoms with van der Waals surface area (Å²) in [4.78, 5) is 39.7. The summed E-state index contributed by atoms with van der Waals surface area (Å²) in [7, 11) is 0. The third-order valence-electron chi connectivity index (χ3n) is 5.07. The number of hydrogen-bond donors (Lipinski definition) is 0. The van der Waals surface area contributed by atoms with Gasteiger partial charge in [0, 0.05) is 30.0 Å². The third-order valence-corrected chi connectivity index (χ3v) is 5.07. The number of oxime groups is 1. The van der Waals surface area contributed by atoms with Gasteiger partial charge >= 0.3 is 5.97 Å². The van der Waals surface area contributed by atoms with Gasteiger partial charge in [0.05, 0.1) is 4.92 Å². The van der Waals surface area contributed by atoms with Crippen molar-refractivity contribution in [2.75, 3.05) is 0 Å². The number of nitrogens with zero attached hydrogens (tertiary/aromatic N) is 2. The molecule has 0 spiro atoms. The molecular formula is C22H22N2O5. The van der Waals surface area contributed by atoms with Gasteiger partial charge in [0.15, 0.2) is 0 Å². The first kappa shape index (κ1) is 20.4. The summed E-state index contributed by atoms with van der Waals surface area (Å²) < 4.78 is 0. The van der Waals surface area contributed by atoms with Crippen LogP contribution >= 0.6 is 0 Å². The fourth-order valence-electron chi connectivity index (χ4n) is 3.40. The third kappa shape index (κ3) is 4.93. The molecule has 3 rings (SSSR count). The van der Waals surface area contributed by atoms with E-state index >= 15 is 0 Å². The standard InChI is InChI=1S/C22H22N2O5/c1-2-20(25)29-23-21(17-5-3-4-6-17)22(26)18-9-7-15(8-10-18)16-11-13-19(14-12-16)24(27)28/h7-14,17H,2-6H2,1H3/b23-21-. The molecule has 1 aliphatic carbocycles. The Kier molecular flexibility index (Phi) is 6.49. The van der Waals surface area contributed by atoms with Crippen molar-refractivity contribution in [3.8, 4) is 11.1 Å². The van der Waals surface area contributed by atoms with Gasteiger partial charge in [-0.3, -0.25) is 14.9 Å². The highest BCUT2D eigenvalue weighted by molar-refractivity contribution is 6.46. The Balaban J connectivity index is 1.81. The van der Waals surface area contributed by atoms with E-state index in [-0.39, 0.29) is 23.8 Å². The van der Waals surface area contributed by atoms with Gasteiger partial charge in [0.25, 0.3) is 5.69 Å². The van der Waals surface area contributed by atoms with E-state index in [4.69, 9.17) is 4.84 Å². The van der Waals surface area contributed by atoms with Gasteiger partial charge in [-0.1, -0.05) is 49.2 Å². The van der Waals surface area contributed by atoms with Crippen LogP contribution < -0.4 is 0 Å². The van der Waals surface area contributed by atoms with Crippen molar-refractivity contribution in [2.24, 2.45) is 11.1 Å². The van der Waals surface area contributed by atoms with Gasteiger partial charge in [-0.05, 0) is 36.1 Å². The molecule has 0 saturated heterocycles. The second-order valence-electron chi connectivity index (χ2n) is 6.99. The minimum absolute atomic E-state index is 0.00139. The quantitative estimate of drug-likeness (QED) is 0.218. The number of nitro benzene ring substituents is 1. The zero-order valence-corrected chi connectivity index (χ0v) is 16.2. The normalized spacial score (nSPS) is 14.6. The molecule has 0 unspecified atom stereocenters. The maximum absolute atomic E-state index is 13.0. The fraction of sp³-hybridized carbons (Fsp3) is 0.318. The van der Waals surface area contributed by atoms with Gasteiger partial charge in [0.1, 0.15) is 5.71 Å². The van der Waals surface area contributed by atoms with Crippen LogP contribution in [0.1, 0.15) is 49.4 Å². The Labute approximate surface area is 168 Å². The molecule has 1 aliphatic rings. The SMILES string of the molecule is CCC(=O)O/N=C(\C(=O)c1ccc(-c2ccc([N+](=O)[O-])cc2)cc1)C1CCCC1. The van der Waals surface area contributed by atoms with Crippen LogP contribution in [-0.4, -0.2) is 22.4 Å². The Bertz CT molecular complexity index is 927. The second-order valence-corrected chi connectivity index (χ2v) is 6.99. The number of hydrogen-bond acceptors (Lipinski definition) is 6. The van der Waals surface area contributed by atoms with Crippen LogP contribution in [0.15, 0.2) is 53.7 Å². The number of benzene rings is 2. The zero-order valence-electron chi connectivity index (χ0n) is 16.2. The van der Waals surface area contributed by atoms with E-state index in [1.165, 1.54) is 12.1 Å². The summed E-state index contributed by atoms with van der Waals surface area (Å²) in [6.45, 7) is 1.67. The molecule has 0 heterocycles. The number of ketones is 1. The van der Waals surface area contributed by atoms with Gasteiger partial charge in [-0.25, -0.2) is 4.79 Å². The molecule has 7 heteroatoms. The van der Waals surface area contributed by atoms with Crippen molar-refractivity contribution >= 4 is 23.2 Å². The largest absolute Gasteiger partial charge is 0.334 e. The number of nitro groups is 1. The first-order valence-corrected chi connectivity index (χ1v) is 9.67. The van der Waals surface area contributed by atoms with E-state index in [9.17, 15) is 19.7 Å². The van der Waals surface area contributed by atoms with Gasteiger partial charge < -0.3 is 4.84 Å². The van der Waals surface area contributed by atoms with E-state index < -0.39 is 10.9 Å². The minimum Gasteiger partial charge on any atom is -0.318 e. The molecule has 0 aromatic heterocycles. The van der Waals surface area contributed by atoms with Crippen LogP contribution in [0.5, 0.6) is 0 Å². The summed E-state index contributed by atoms with van der Waals surface area (Å²) >= 11 is 0. The molecule has 2 aromatic rings. The number of carbonyl (C=O) groups is 2. The number of Topliss-reactive ketones (excluding diaryl/α,β-unsaturated/α-hetero) is 1. The molecule has 0 radical (unpaired) electrons. The Morgan fingerprint density at radius 1 is 1.03 bits per heavy atom. The van der Waals surface area contributed by atoms with Crippen molar-refractivity contribution in [3.63, 3.8) is 0 Å². The highest BCUT2D eigenvalue weighted by Gasteiger charge is 2.28. The summed E-state index contributed by atoms with van der Waals surface area (Å²) in [6, 6.07) is 13.2. The molecule has 150 valence electrons. The summed E-state index contributed by atoms with van der Waals surface area (Å²) in [5, 5.41) is 14.7. The maximum Gasteiger partial charge on any atom is 0.334 e. The molecule has 29 heavy (non-hydrogen) atoms. The maximum atomic E-state index is 13.0. The van der Waals surface area contributed by atoms with E-state index in [2.05, 4.69) is 5.16 Å². The smallest absolute Gasteiger partial charge is 0.318 e. The van der Waals surface area contributed by atoms with Crippen LogP contribution in [0.3, 0.4) is 0 Å². The molecule has 1 saturated carbocycles. The predicted octanol–water partition coefficient (Wildman–Crippen LogP) is 4.94. The Hall–Kier alpha value is -3.35. The fourth-order valence-corrected chi connectivity index (χ4v) is 3.40. The average Bonchev–Trinajstić information content (AvgIpc) is 3.28. The minimum atomic E-state index is -0.471. The first-order chi connectivity index (χ1) is 14.0. The van der Waals surface area contributed by atoms with Gasteiger partial charge in [-0.15, -0.1) is 0 Å². The van der Waals surface area contributed by atoms with E-state index in [0.717, 1.165) is 36.8 Å². The molecule has 2 aromatic carbocycles. The zero-order chi connectivity index (χ0) is 20.8. The van der Waals surface area contributed by atoms with Crippen LogP contribution in [0.2, 0.25) is 0 Å². The van der Waals surface area contributed by atoms with Crippen LogP contribution in [-0.2, 0) is 9.63 Å². The number of carbonyl (C=O) groups excluding carboxylic acids is 2. The Morgan fingerprint density at radius 3 is 2.10 bits per heavy atom. The molecule has 0 bridgehead atoms. The van der Waals surface area contributed by atoms with Crippen molar-refractivity contribution < 1.29 is 19.3 Å². The van der Waals surface area contributed by atoms with Crippen LogP contribution in [0, 0.1) is 16.0 Å². The van der Waals surface area contributed by atoms with E-state index in [0.29, 0.717) is 11.3 Å². The second kappa shape index (κ2) is 9.23. The van der Waals surface area contributed by atoms with Crippen molar-refractivity contribution in [1.29, 1.82) is 0 Å². The first-order valence-electron chi connectivity index (χ1n) is 9.67. The topological polar surface area (TPSA) is 98.9 Å². The summed E-state index contributed by atoms with van der Waals surface area (Å²) in [5.41, 5.74) is 2.45. The average molecular weight is 394 g/mol. The van der Waals surface area contributed by atoms with E-state index in [1.54, 1.807) is 43.3 Å². The Morgan fingerprint density at radius 2 is 1.59 bits per heavy atom. The lowest BCUT2D eigenvalue weighted by atomic mass is 9.93. The number of rotatable bonds is 7. The van der Waals surface area contributed by atoms with Gasteiger partial charge in [-0.2, -0.15) is 0 Å². The molecule has 0 amide bonds. The molecule has 1 fully saturated rings. The molecule has 7 nitrogen and oxygen atoms in total. The highest BCUT2D eigenvalue weighted by Crippen LogP contribution is 2.28. The highest BCUT2D eigenvalue weighted by atomic mass is 16.7.